The number of benzene rings is 1. The van der Waals surface area contributed by atoms with Crippen LogP contribution in [0.15, 0.2) is 23.3 Å². The molecule has 1 atom stereocenters. The first-order valence-electron chi connectivity index (χ1n) is 6.69. The van der Waals surface area contributed by atoms with Gasteiger partial charge in [0, 0.05) is 13.0 Å². The Morgan fingerprint density at radius 2 is 2.00 bits per heavy atom. The minimum Gasteiger partial charge on any atom is -0.490 e. The first-order valence-corrected chi connectivity index (χ1v) is 6.69. The second kappa shape index (κ2) is 6.43. The third-order valence-electron chi connectivity index (χ3n) is 3.02. The van der Waals surface area contributed by atoms with E-state index >= 15 is 0 Å². The van der Waals surface area contributed by atoms with Crippen molar-refractivity contribution in [2.75, 3.05) is 19.8 Å². The SMILES string of the molecule is CCOc1ccc(C2CC(CN)=NN2)cc1OCC. The summed E-state index contributed by atoms with van der Waals surface area (Å²) in [4.78, 5) is 0. The quantitative estimate of drug-likeness (QED) is 0.821. The van der Waals surface area contributed by atoms with E-state index in [4.69, 9.17) is 15.2 Å². The van der Waals surface area contributed by atoms with E-state index in [1.807, 2.05) is 32.0 Å². The van der Waals surface area contributed by atoms with E-state index in [0.717, 1.165) is 29.2 Å². The third kappa shape index (κ3) is 3.17. The smallest absolute Gasteiger partial charge is 0.161 e. The molecule has 1 aromatic rings. The number of hydrazone groups is 1. The molecule has 0 amide bonds. The highest BCUT2D eigenvalue weighted by molar-refractivity contribution is 5.88. The van der Waals surface area contributed by atoms with Crippen LogP contribution in [0.2, 0.25) is 0 Å². The zero-order valence-corrected chi connectivity index (χ0v) is 11.5. The summed E-state index contributed by atoms with van der Waals surface area (Å²) in [5.74, 6) is 1.57. The molecule has 0 bridgehead atoms. The van der Waals surface area contributed by atoms with Crippen molar-refractivity contribution in [2.24, 2.45) is 10.8 Å². The van der Waals surface area contributed by atoms with E-state index in [9.17, 15) is 0 Å². The van der Waals surface area contributed by atoms with Crippen molar-refractivity contribution in [3.63, 3.8) is 0 Å². The molecule has 0 saturated carbocycles. The highest BCUT2D eigenvalue weighted by atomic mass is 16.5. The van der Waals surface area contributed by atoms with Crippen molar-refractivity contribution in [2.45, 2.75) is 26.3 Å². The maximum absolute atomic E-state index is 5.63. The number of nitrogens with one attached hydrogen (secondary N) is 1. The maximum Gasteiger partial charge on any atom is 0.161 e. The van der Waals surface area contributed by atoms with Crippen molar-refractivity contribution in [3.8, 4) is 11.5 Å². The van der Waals surface area contributed by atoms with Gasteiger partial charge in [0.05, 0.1) is 25.0 Å². The van der Waals surface area contributed by atoms with Crippen molar-refractivity contribution in [1.29, 1.82) is 0 Å². The summed E-state index contributed by atoms with van der Waals surface area (Å²) < 4.78 is 11.2. The zero-order valence-electron chi connectivity index (χ0n) is 11.5. The molecule has 0 aliphatic carbocycles. The standard InChI is InChI=1S/C14H21N3O2/c1-3-18-13-6-5-10(7-14(13)19-4-2)12-8-11(9-15)16-17-12/h5-7,12,17H,3-4,8-9,15H2,1-2H3. The van der Waals surface area contributed by atoms with Gasteiger partial charge in [0.2, 0.25) is 0 Å². The third-order valence-corrected chi connectivity index (χ3v) is 3.02. The van der Waals surface area contributed by atoms with Gasteiger partial charge in [-0.3, -0.25) is 0 Å². The molecule has 0 fully saturated rings. The molecule has 1 aliphatic rings. The average Bonchev–Trinajstić information content (AvgIpc) is 2.90. The van der Waals surface area contributed by atoms with Gasteiger partial charge in [-0.05, 0) is 31.5 Å². The summed E-state index contributed by atoms with van der Waals surface area (Å²) in [6.45, 7) is 5.67. The van der Waals surface area contributed by atoms with Gasteiger partial charge in [-0.15, -0.1) is 0 Å². The predicted molar refractivity (Wildman–Crippen MR) is 75.8 cm³/mol. The molecule has 3 N–H and O–H groups in total. The van der Waals surface area contributed by atoms with Gasteiger partial charge in [-0.25, -0.2) is 0 Å². The van der Waals surface area contributed by atoms with Crippen LogP contribution in [-0.2, 0) is 0 Å². The largest absolute Gasteiger partial charge is 0.490 e. The second-order valence-electron chi connectivity index (χ2n) is 4.34. The van der Waals surface area contributed by atoms with E-state index in [2.05, 4.69) is 10.5 Å². The Morgan fingerprint density at radius 1 is 1.26 bits per heavy atom. The van der Waals surface area contributed by atoms with E-state index in [0.29, 0.717) is 19.8 Å². The van der Waals surface area contributed by atoms with Crippen molar-refractivity contribution in [1.82, 2.24) is 5.43 Å². The summed E-state index contributed by atoms with van der Waals surface area (Å²) in [7, 11) is 0. The molecule has 0 aromatic heterocycles. The van der Waals surface area contributed by atoms with Crippen LogP contribution >= 0.6 is 0 Å². The molecule has 1 aliphatic heterocycles. The summed E-state index contributed by atoms with van der Waals surface area (Å²) in [6, 6.07) is 6.18. The van der Waals surface area contributed by atoms with Crippen molar-refractivity contribution < 1.29 is 9.47 Å². The molecular weight excluding hydrogens is 242 g/mol. The lowest BCUT2D eigenvalue weighted by atomic mass is 10.0. The van der Waals surface area contributed by atoms with Crippen molar-refractivity contribution in [3.05, 3.63) is 23.8 Å². The lowest BCUT2D eigenvalue weighted by Crippen LogP contribution is -2.13. The summed E-state index contributed by atoms with van der Waals surface area (Å²) in [6.07, 6.45) is 0.843. The Labute approximate surface area is 113 Å². The number of nitrogens with two attached hydrogens (primary N) is 1. The Morgan fingerprint density at radius 3 is 2.63 bits per heavy atom. The Kier molecular flexibility index (Phi) is 4.63. The minimum absolute atomic E-state index is 0.174. The predicted octanol–water partition coefficient (Wildman–Crippen LogP) is 1.83. The zero-order chi connectivity index (χ0) is 13.7. The van der Waals surface area contributed by atoms with Gasteiger partial charge >= 0.3 is 0 Å². The Balaban J connectivity index is 2.16. The van der Waals surface area contributed by atoms with Crippen LogP contribution in [0.3, 0.4) is 0 Å². The number of hydrogen-bond acceptors (Lipinski definition) is 5. The molecule has 104 valence electrons. The fourth-order valence-electron chi connectivity index (χ4n) is 2.10. The first-order chi connectivity index (χ1) is 9.28. The number of hydrogen-bond donors (Lipinski definition) is 2. The van der Waals surface area contributed by atoms with Crippen LogP contribution in [0, 0.1) is 0 Å². The highest BCUT2D eigenvalue weighted by Crippen LogP contribution is 2.32. The number of rotatable bonds is 6. The van der Waals surface area contributed by atoms with E-state index < -0.39 is 0 Å². The van der Waals surface area contributed by atoms with Crippen LogP contribution < -0.4 is 20.6 Å². The molecule has 2 rings (SSSR count). The van der Waals surface area contributed by atoms with E-state index in [-0.39, 0.29) is 6.04 Å². The molecule has 19 heavy (non-hydrogen) atoms. The molecule has 5 heteroatoms. The monoisotopic (exact) mass is 263 g/mol. The van der Waals surface area contributed by atoms with Crippen LogP contribution in [0.4, 0.5) is 0 Å². The average molecular weight is 263 g/mol. The molecule has 0 spiro atoms. The molecule has 5 nitrogen and oxygen atoms in total. The molecule has 1 aromatic carbocycles. The molecular formula is C14H21N3O2. The molecule has 1 unspecified atom stereocenters. The van der Waals surface area contributed by atoms with Gasteiger partial charge in [-0.1, -0.05) is 6.07 Å². The van der Waals surface area contributed by atoms with Crippen LogP contribution in [-0.4, -0.2) is 25.5 Å². The first kappa shape index (κ1) is 13.7. The Hall–Kier alpha value is -1.75. The van der Waals surface area contributed by atoms with Crippen LogP contribution in [0.5, 0.6) is 11.5 Å². The summed E-state index contributed by atoms with van der Waals surface area (Å²) >= 11 is 0. The fraction of sp³-hybridized carbons (Fsp3) is 0.500. The fourth-order valence-corrected chi connectivity index (χ4v) is 2.10. The van der Waals surface area contributed by atoms with E-state index in [1.54, 1.807) is 0 Å². The molecule has 0 radical (unpaired) electrons. The minimum atomic E-state index is 0.174. The lowest BCUT2D eigenvalue weighted by molar-refractivity contribution is 0.287. The molecule has 0 saturated heterocycles. The van der Waals surface area contributed by atoms with Gasteiger partial charge in [0.25, 0.3) is 0 Å². The van der Waals surface area contributed by atoms with Gasteiger partial charge in [0.15, 0.2) is 11.5 Å². The van der Waals surface area contributed by atoms with Gasteiger partial charge in [0.1, 0.15) is 0 Å². The normalized spacial score (nSPS) is 17.8. The van der Waals surface area contributed by atoms with Gasteiger partial charge in [-0.2, -0.15) is 5.10 Å². The second-order valence-corrected chi connectivity index (χ2v) is 4.34. The molecule has 1 heterocycles. The highest BCUT2D eigenvalue weighted by Gasteiger charge is 2.20. The van der Waals surface area contributed by atoms with E-state index in [1.165, 1.54) is 0 Å². The van der Waals surface area contributed by atoms with Gasteiger partial charge < -0.3 is 20.6 Å². The Bertz CT molecular complexity index is 460. The van der Waals surface area contributed by atoms with Crippen LogP contribution in [0.1, 0.15) is 31.9 Å². The lowest BCUT2D eigenvalue weighted by Gasteiger charge is -2.15. The topological polar surface area (TPSA) is 68.9 Å². The summed E-state index contributed by atoms with van der Waals surface area (Å²) in [5, 5.41) is 4.22. The number of ether oxygens (including phenoxy) is 2. The number of nitrogens with zero attached hydrogens (tertiary/aromatic N) is 1. The van der Waals surface area contributed by atoms with Crippen molar-refractivity contribution >= 4 is 5.71 Å². The maximum atomic E-state index is 5.63. The summed E-state index contributed by atoms with van der Waals surface area (Å²) in [5.41, 5.74) is 10.8. The van der Waals surface area contributed by atoms with Crippen LogP contribution in [0.25, 0.3) is 0 Å².